The molecule has 78 valence electrons. The van der Waals surface area contributed by atoms with Gasteiger partial charge in [-0.1, -0.05) is 5.92 Å². The van der Waals surface area contributed by atoms with Gasteiger partial charge in [-0.15, -0.1) is 0 Å². The van der Waals surface area contributed by atoms with Gasteiger partial charge < -0.3 is 16.2 Å². The molecule has 0 radical (unpaired) electrons. The Balaban J connectivity index is 2.80. The van der Waals surface area contributed by atoms with Crippen molar-refractivity contribution in [3.8, 4) is 11.8 Å². The van der Waals surface area contributed by atoms with Crippen LogP contribution in [-0.4, -0.2) is 12.6 Å². The third-order valence-corrected chi connectivity index (χ3v) is 1.67. The first-order valence-corrected chi connectivity index (χ1v) is 4.47. The van der Waals surface area contributed by atoms with Gasteiger partial charge in [0.25, 0.3) is 0 Å². The Bertz CT molecular complexity index is 430. The van der Waals surface area contributed by atoms with Crippen LogP contribution < -0.4 is 11.5 Å². The highest BCUT2D eigenvalue weighted by atomic mass is 16.5. The maximum Gasteiger partial charge on any atom is 0.384 e. The lowest BCUT2D eigenvalue weighted by molar-refractivity contribution is -0.136. The predicted octanol–water partition coefficient (Wildman–Crippen LogP) is 0.766. The summed E-state index contributed by atoms with van der Waals surface area (Å²) in [5, 5.41) is 0. The van der Waals surface area contributed by atoms with E-state index in [0.717, 1.165) is 0 Å². The highest BCUT2D eigenvalue weighted by Crippen LogP contribution is 2.14. The summed E-state index contributed by atoms with van der Waals surface area (Å²) < 4.78 is 4.65. The summed E-state index contributed by atoms with van der Waals surface area (Å²) in [6.07, 6.45) is 0. The fraction of sp³-hybridized carbons (Fsp3) is 0.182. The summed E-state index contributed by atoms with van der Waals surface area (Å²) in [5.41, 5.74) is 12.7. The van der Waals surface area contributed by atoms with Crippen molar-refractivity contribution in [2.45, 2.75) is 6.92 Å². The van der Waals surface area contributed by atoms with Crippen LogP contribution in [0.1, 0.15) is 12.5 Å². The molecule has 0 spiro atoms. The minimum atomic E-state index is -0.548. The molecule has 0 saturated carbocycles. The number of carbonyl (C=O) groups is 1. The van der Waals surface area contributed by atoms with E-state index in [-0.39, 0.29) is 0 Å². The molecule has 1 rings (SSSR count). The Kier molecular flexibility index (Phi) is 3.58. The topological polar surface area (TPSA) is 78.3 Å². The zero-order chi connectivity index (χ0) is 11.3. The van der Waals surface area contributed by atoms with E-state index in [1.807, 2.05) is 0 Å². The molecule has 0 amide bonds. The summed E-state index contributed by atoms with van der Waals surface area (Å²) >= 11 is 0. The van der Waals surface area contributed by atoms with Crippen LogP contribution in [0, 0.1) is 11.8 Å². The van der Waals surface area contributed by atoms with E-state index >= 15 is 0 Å². The number of carbonyl (C=O) groups excluding carboxylic acids is 1. The molecule has 4 N–H and O–H groups in total. The van der Waals surface area contributed by atoms with Crippen molar-refractivity contribution in [2.75, 3.05) is 18.1 Å². The number of hydrogen-bond acceptors (Lipinski definition) is 4. The normalized spacial score (nSPS) is 8.87. The molecule has 1 aromatic carbocycles. The SMILES string of the molecule is CCOC(=O)C#Cc1ccc(N)c(N)c1. The molecule has 0 saturated heterocycles. The number of ether oxygens (including phenoxy) is 1. The summed E-state index contributed by atoms with van der Waals surface area (Å²) in [5.74, 6) is 4.43. The molecule has 0 aliphatic rings. The third-order valence-electron chi connectivity index (χ3n) is 1.67. The van der Waals surface area contributed by atoms with Gasteiger partial charge in [-0.25, -0.2) is 4.79 Å². The van der Waals surface area contributed by atoms with Crippen molar-refractivity contribution in [1.29, 1.82) is 0 Å². The Morgan fingerprint density at radius 3 is 2.73 bits per heavy atom. The van der Waals surface area contributed by atoms with Gasteiger partial charge in [-0.05, 0) is 25.1 Å². The van der Waals surface area contributed by atoms with E-state index in [2.05, 4.69) is 16.6 Å². The van der Waals surface area contributed by atoms with Gasteiger partial charge in [0.1, 0.15) is 0 Å². The van der Waals surface area contributed by atoms with E-state index in [1.165, 1.54) is 0 Å². The number of nitrogen functional groups attached to an aromatic ring is 2. The molecule has 0 atom stereocenters. The van der Waals surface area contributed by atoms with Crippen molar-refractivity contribution in [2.24, 2.45) is 0 Å². The summed E-state index contributed by atoms with van der Waals surface area (Å²) in [7, 11) is 0. The van der Waals surface area contributed by atoms with Gasteiger partial charge >= 0.3 is 5.97 Å². The molecular weight excluding hydrogens is 192 g/mol. The molecule has 4 nitrogen and oxygen atoms in total. The Morgan fingerprint density at radius 1 is 1.40 bits per heavy atom. The van der Waals surface area contributed by atoms with Crippen molar-refractivity contribution in [1.82, 2.24) is 0 Å². The highest BCUT2D eigenvalue weighted by Gasteiger charge is 1.96. The molecule has 1 aromatic rings. The number of benzene rings is 1. The van der Waals surface area contributed by atoms with E-state index in [4.69, 9.17) is 11.5 Å². The fourth-order valence-corrected chi connectivity index (χ4v) is 0.943. The second-order valence-electron chi connectivity index (χ2n) is 2.81. The first-order chi connectivity index (χ1) is 7.13. The standard InChI is InChI=1S/C11H12N2O2/c1-2-15-11(14)6-4-8-3-5-9(12)10(13)7-8/h3,5,7H,2,12-13H2,1H3. The maximum absolute atomic E-state index is 10.9. The first kappa shape index (κ1) is 10.9. The van der Waals surface area contributed by atoms with Crippen LogP contribution in [0.5, 0.6) is 0 Å². The fourth-order valence-electron chi connectivity index (χ4n) is 0.943. The van der Waals surface area contributed by atoms with Gasteiger partial charge in [-0.2, -0.15) is 0 Å². The average molecular weight is 204 g/mol. The molecule has 0 unspecified atom stereocenters. The van der Waals surface area contributed by atoms with Crippen LogP contribution in [0.2, 0.25) is 0 Å². The predicted molar refractivity (Wildman–Crippen MR) is 58.8 cm³/mol. The zero-order valence-corrected chi connectivity index (χ0v) is 8.41. The van der Waals surface area contributed by atoms with Crippen LogP contribution >= 0.6 is 0 Å². The maximum atomic E-state index is 10.9. The van der Waals surface area contributed by atoms with Crippen molar-refractivity contribution in [3.05, 3.63) is 23.8 Å². The van der Waals surface area contributed by atoms with Crippen LogP contribution in [0.15, 0.2) is 18.2 Å². The molecule has 0 fully saturated rings. The second-order valence-corrected chi connectivity index (χ2v) is 2.81. The van der Waals surface area contributed by atoms with Crippen molar-refractivity contribution >= 4 is 17.3 Å². The third kappa shape index (κ3) is 3.24. The minimum absolute atomic E-state index is 0.317. The van der Waals surface area contributed by atoms with Crippen LogP contribution in [0.25, 0.3) is 0 Å². The second kappa shape index (κ2) is 4.91. The average Bonchev–Trinajstić information content (AvgIpc) is 2.20. The number of esters is 1. The molecule has 15 heavy (non-hydrogen) atoms. The monoisotopic (exact) mass is 204 g/mol. The quantitative estimate of drug-likeness (QED) is 0.402. The van der Waals surface area contributed by atoms with E-state index in [0.29, 0.717) is 23.5 Å². The Morgan fingerprint density at radius 2 is 2.13 bits per heavy atom. The largest absolute Gasteiger partial charge is 0.456 e. The molecule has 0 aliphatic heterocycles. The summed E-state index contributed by atoms with van der Waals surface area (Å²) in [6, 6.07) is 4.95. The van der Waals surface area contributed by atoms with Crippen LogP contribution in [0.3, 0.4) is 0 Å². The molecule has 0 aliphatic carbocycles. The van der Waals surface area contributed by atoms with E-state index in [9.17, 15) is 4.79 Å². The van der Waals surface area contributed by atoms with Gasteiger partial charge in [0.2, 0.25) is 0 Å². The number of nitrogens with two attached hydrogens (primary N) is 2. The van der Waals surface area contributed by atoms with Gasteiger partial charge in [0.15, 0.2) is 0 Å². The lowest BCUT2D eigenvalue weighted by Crippen LogP contribution is -1.99. The smallest absolute Gasteiger partial charge is 0.384 e. The molecule has 4 heteroatoms. The molecule has 0 aromatic heterocycles. The van der Waals surface area contributed by atoms with Gasteiger partial charge in [0.05, 0.1) is 18.0 Å². The number of anilines is 2. The van der Waals surface area contributed by atoms with E-state index in [1.54, 1.807) is 25.1 Å². The van der Waals surface area contributed by atoms with E-state index < -0.39 is 5.97 Å². The zero-order valence-electron chi connectivity index (χ0n) is 8.41. The Hall–Kier alpha value is -2.15. The molecule has 0 heterocycles. The minimum Gasteiger partial charge on any atom is -0.456 e. The highest BCUT2D eigenvalue weighted by molar-refractivity contribution is 5.89. The van der Waals surface area contributed by atoms with Crippen LogP contribution in [0.4, 0.5) is 11.4 Å². The number of rotatable bonds is 1. The molecular formula is C11H12N2O2. The van der Waals surface area contributed by atoms with Crippen molar-refractivity contribution in [3.63, 3.8) is 0 Å². The summed E-state index contributed by atoms with van der Waals surface area (Å²) in [4.78, 5) is 10.9. The number of hydrogen-bond donors (Lipinski definition) is 2. The lowest BCUT2D eigenvalue weighted by atomic mass is 10.2. The van der Waals surface area contributed by atoms with Crippen LogP contribution in [-0.2, 0) is 9.53 Å². The molecule has 0 bridgehead atoms. The lowest BCUT2D eigenvalue weighted by Gasteiger charge is -1.98. The van der Waals surface area contributed by atoms with Crippen molar-refractivity contribution < 1.29 is 9.53 Å². The summed E-state index contributed by atoms with van der Waals surface area (Å²) in [6.45, 7) is 2.04. The van der Waals surface area contributed by atoms with Gasteiger partial charge in [0, 0.05) is 11.5 Å². The first-order valence-electron chi connectivity index (χ1n) is 4.47. The Labute approximate surface area is 88.2 Å². The van der Waals surface area contributed by atoms with Gasteiger partial charge in [-0.3, -0.25) is 0 Å².